The number of rotatable bonds is 0. The van der Waals surface area contributed by atoms with Crippen molar-refractivity contribution in [3.05, 3.63) is 81.9 Å². The molecule has 120 valence electrons. The molecule has 1 heteroatoms. The van der Waals surface area contributed by atoms with Crippen molar-refractivity contribution >= 4 is 12.2 Å². The average Bonchev–Trinajstić information content (AvgIpc) is 3.11. The van der Waals surface area contributed by atoms with Gasteiger partial charge in [0.05, 0.1) is 0 Å². The number of hydrogen-bond donors (Lipinski definition) is 0. The number of allylic oxidation sites excluding steroid dienone is 2. The third-order valence-electron chi connectivity index (χ3n) is 6.46. The van der Waals surface area contributed by atoms with Crippen LogP contribution in [0.15, 0.2) is 59.7 Å². The van der Waals surface area contributed by atoms with E-state index in [0.29, 0.717) is 0 Å². The first-order chi connectivity index (χ1) is 11.7. The molecule has 1 aliphatic heterocycles. The molecular weight excluding hydrogens is 324 g/mol. The van der Waals surface area contributed by atoms with Crippen molar-refractivity contribution in [1.29, 1.82) is 0 Å². The van der Waals surface area contributed by atoms with Gasteiger partial charge in [0.1, 0.15) is 0 Å². The molecule has 1 heterocycles. The van der Waals surface area contributed by atoms with E-state index in [0.717, 1.165) is 8.45 Å². The summed E-state index contributed by atoms with van der Waals surface area (Å²) in [5.41, 5.74) is 9.73. The molecule has 1 saturated heterocycles. The molecule has 3 aliphatic rings. The summed E-state index contributed by atoms with van der Waals surface area (Å²) in [4.78, 5) is 0. The minimum atomic E-state index is -2.19. The molecular formula is C23H24Ti. The van der Waals surface area contributed by atoms with Gasteiger partial charge in [0.15, 0.2) is 0 Å². The second-order valence-electron chi connectivity index (χ2n) is 8.24. The van der Waals surface area contributed by atoms with Gasteiger partial charge in [-0.05, 0) is 0 Å². The first kappa shape index (κ1) is 14.9. The van der Waals surface area contributed by atoms with Crippen LogP contribution in [0.25, 0.3) is 12.2 Å². The zero-order valence-electron chi connectivity index (χ0n) is 14.5. The second kappa shape index (κ2) is 5.31. The first-order valence-corrected chi connectivity index (χ1v) is 14.2. The molecule has 2 aromatic rings. The molecule has 24 heavy (non-hydrogen) atoms. The summed E-state index contributed by atoms with van der Waals surface area (Å²) in [6.07, 6.45) is 8.94. The van der Waals surface area contributed by atoms with E-state index in [4.69, 9.17) is 0 Å². The zero-order valence-corrected chi connectivity index (χ0v) is 16.1. The van der Waals surface area contributed by atoms with Crippen molar-refractivity contribution in [3.63, 3.8) is 0 Å². The van der Waals surface area contributed by atoms with Gasteiger partial charge in [-0.15, -0.1) is 0 Å². The Hall–Kier alpha value is -1.37. The molecule has 0 N–H and O–H groups in total. The van der Waals surface area contributed by atoms with Crippen molar-refractivity contribution in [2.75, 3.05) is 0 Å². The molecule has 2 atom stereocenters. The summed E-state index contributed by atoms with van der Waals surface area (Å²) in [6, 6.07) is 18.3. The molecule has 0 nitrogen and oxygen atoms in total. The van der Waals surface area contributed by atoms with E-state index < -0.39 is 16.6 Å². The summed E-state index contributed by atoms with van der Waals surface area (Å²) in [5.74, 6) is 0. The molecule has 0 saturated carbocycles. The van der Waals surface area contributed by atoms with Gasteiger partial charge in [-0.25, -0.2) is 0 Å². The molecule has 2 unspecified atom stereocenters. The normalized spacial score (nSPS) is 26.2. The van der Waals surface area contributed by atoms with Gasteiger partial charge in [-0.1, -0.05) is 0 Å². The van der Waals surface area contributed by atoms with E-state index in [1.165, 1.54) is 30.4 Å². The molecule has 1 fully saturated rings. The minimum absolute atomic E-state index is 0.737. The van der Waals surface area contributed by atoms with Crippen molar-refractivity contribution < 1.29 is 16.6 Å². The van der Waals surface area contributed by atoms with Crippen molar-refractivity contribution in [2.45, 2.75) is 38.2 Å². The van der Waals surface area contributed by atoms with Gasteiger partial charge in [-0.2, -0.15) is 0 Å². The third kappa shape index (κ3) is 2.03. The quantitative estimate of drug-likeness (QED) is 0.465. The third-order valence-corrected chi connectivity index (χ3v) is 13.2. The van der Waals surface area contributed by atoms with Crippen LogP contribution >= 0.6 is 0 Å². The van der Waals surface area contributed by atoms with Crippen LogP contribution < -0.4 is 0 Å². The number of hydrogen-bond acceptors (Lipinski definition) is 0. The maximum absolute atomic E-state index is 2.69. The fourth-order valence-corrected chi connectivity index (χ4v) is 13.2. The van der Waals surface area contributed by atoms with E-state index in [-0.39, 0.29) is 0 Å². The molecule has 0 radical (unpaired) electrons. The Balaban J connectivity index is 1.70. The predicted molar refractivity (Wildman–Crippen MR) is 99.9 cm³/mol. The van der Waals surface area contributed by atoms with Crippen molar-refractivity contribution in [2.24, 2.45) is 0 Å². The van der Waals surface area contributed by atoms with Crippen LogP contribution in [-0.2, 0) is 16.6 Å². The summed E-state index contributed by atoms with van der Waals surface area (Å²) >= 11 is -2.19. The van der Waals surface area contributed by atoms with E-state index in [2.05, 4.69) is 71.1 Å². The monoisotopic (exact) mass is 348 g/mol. The zero-order chi connectivity index (χ0) is 16.3. The van der Waals surface area contributed by atoms with Crippen molar-refractivity contribution in [1.82, 2.24) is 0 Å². The Labute approximate surface area is 148 Å². The topological polar surface area (TPSA) is 0 Å². The summed E-state index contributed by atoms with van der Waals surface area (Å²) in [6.45, 7) is 0. The molecule has 0 amide bonds. The maximum atomic E-state index is 2.69. The number of benzene rings is 2. The molecule has 0 bridgehead atoms. The number of fused-ring (bicyclic) bond motifs is 6. The van der Waals surface area contributed by atoms with Crippen LogP contribution in [0.5, 0.6) is 0 Å². The fourth-order valence-electron chi connectivity index (χ4n) is 5.63. The van der Waals surface area contributed by atoms with E-state index >= 15 is 0 Å². The Morgan fingerprint density at radius 1 is 0.708 bits per heavy atom. The Morgan fingerprint density at radius 2 is 1.17 bits per heavy atom. The standard InChI is InChI=1S/C21H18.2CH3.Ti/c1-2-9-19-13-16(12-18(19)8-1)6-5-7-17-14-20-10-3-4-11-21(20)15-17;;;/h1-4,8-15H,5-7H2;2*1H3;. The van der Waals surface area contributed by atoms with Gasteiger partial charge in [0.2, 0.25) is 0 Å². The molecule has 5 rings (SSSR count). The van der Waals surface area contributed by atoms with E-state index in [1.54, 1.807) is 22.3 Å². The van der Waals surface area contributed by atoms with Gasteiger partial charge in [0, 0.05) is 0 Å². The van der Waals surface area contributed by atoms with Gasteiger partial charge in [0.25, 0.3) is 0 Å². The van der Waals surface area contributed by atoms with Gasteiger partial charge in [-0.3, -0.25) is 0 Å². The molecule has 2 aliphatic carbocycles. The Bertz CT molecular complexity index is 813. The Kier molecular flexibility index (Phi) is 3.31. The van der Waals surface area contributed by atoms with Crippen LogP contribution in [0.1, 0.15) is 50.0 Å². The van der Waals surface area contributed by atoms with Crippen LogP contribution in [0.3, 0.4) is 0 Å². The molecule has 0 spiro atoms. The van der Waals surface area contributed by atoms with Crippen LogP contribution in [-0.4, -0.2) is 0 Å². The summed E-state index contributed by atoms with van der Waals surface area (Å²) in [7, 11) is 0. The van der Waals surface area contributed by atoms with Crippen LogP contribution in [0.2, 0.25) is 10.5 Å². The predicted octanol–water partition coefficient (Wildman–Crippen LogP) is 6.70. The van der Waals surface area contributed by atoms with Gasteiger partial charge < -0.3 is 0 Å². The Morgan fingerprint density at radius 3 is 1.67 bits per heavy atom. The van der Waals surface area contributed by atoms with Crippen molar-refractivity contribution in [3.8, 4) is 0 Å². The second-order valence-corrected chi connectivity index (χ2v) is 15.7. The van der Waals surface area contributed by atoms with Gasteiger partial charge >= 0.3 is 149 Å². The van der Waals surface area contributed by atoms with E-state index in [1.807, 2.05) is 0 Å². The van der Waals surface area contributed by atoms with E-state index in [9.17, 15) is 0 Å². The average molecular weight is 348 g/mol. The SMILES string of the molecule is [CH3][Ti]1([CH3])[CH]2C(=Cc3ccccc32)CCCC2=Cc3ccccc3[CH]21. The van der Waals surface area contributed by atoms with Crippen LogP contribution in [0.4, 0.5) is 0 Å². The van der Waals surface area contributed by atoms with Crippen LogP contribution in [0, 0.1) is 0 Å². The first-order valence-electron chi connectivity index (χ1n) is 9.25. The molecule has 2 aromatic carbocycles. The molecule has 0 aromatic heterocycles. The summed E-state index contributed by atoms with van der Waals surface area (Å²) < 4.78 is 1.47. The summed E-state index contributed by atoms with van der Waals surface area (Å²) in [5, 5.41) is 5.37. The fraction of sp³-hybridized carbons (Fsp3) is 0.304.